The molecule has 2 heterocycles. The minimum absolute atomic E-state index is 0.167. The zero-order valence-corrected chi connectivity index (χ0v) is 14.6. The fraction of sp³-hybridized carbons (Fsp3) is 0.579. The molecule has 2 aliphatic rings. The Hall–Kier alpha value is -2.04. The van der Waals surface area contributed by atoms with Gasteiger partial charge in [-0.1, -0.05) is 6.92 Å². The second-order valence-electron chi connectivity index (χ2n) is 7.07. The van der Waals surface area contributed by atoms with Gasteiger partial charge in [-0.2, -0.15) is 0 Å². The van der Waals surface area contributed by atoms with Gasteiger partial charge in [0.25, 0.3) is 0 Å². The zero-order chi connectivity index (χ0) is 17.1. The number of nitrogens with zero attached hydrogens (tertiary/aromatic N) is 2. The summed E-state index contributed by atoms with van der Waals surface area (Å²) in [5, 5.41) is 3.28. The van der Waals surface area contributed by atoms with Crippen LogP contribution in [0.5, 0.6) is 0 Å². The van der Waals surface area contributed by atoms with Gasteiger partial charge < -0.3 is 15.1 Å². The molecule has 1 N–H and O–H groups in total. The second-order valence-corrected chi connectivity index (χ2v) is 7.07. The molecule has 2 aliphatic heterocycles. The van der Waals surface area contributed by atoms with Crippen molar-refractivity contribution in [2.24, 2.45) is 5.92 Å². The van der Waals surface area contributed by atoms with Crippen molar-refractivity contribution in [2.75, 3.05) is 29.9 Å². The number of carbonyl (C=O) groups excluding carboxylic acids is 2. The largest absolute Gasteiger partial charge is 0.374 e. The molecule has 2 saturated heterocycles. The lowest BCUT2D eigenvalue weighted by atomic mass is 9.99. The van der Waals surface area contributed by atoms with Gasteiger partial charge in [0, 0.05) is 37.4 Å². The maximum absolute atomic E-state index is 12.5. The smallest absolute Gasteiger partial charge is 0.244 e. The summed E-state index contributed by atoms with van der Waals surface area (Å²) in [6.45, 7) is 6.69. The predicted molar refractivity (Wildman–Crippen MR) is 96.1 cm³/mol. The lowest BCUT2D eigenvalue weighted by Crippen LogP contribution is -2.45. The van der Waals surface area contributed by atoms with Crippen molar-refractivity contribution in [1.82, 2.24) is 4.90 Å². The van der Waals surface area contributed by atoms with Crippen LogP contribution in [0.4, 0.5) is 11.4 Å². The summed E-state index contributed by atoms with van der Waals surface area (Å²) in [5.74, 6) is 1.08. The fourth-order valence-electron chi connectivity index (χ4n) is 3.47. The van der Waals surface area contributed by atoms with Crippen molar-refractivity contribution in [1.29, 1.82) is 0 Å². The number of hydrogen-bond acceptors (Lipinski definition) is 3. The molecule has 24 heavy (non-hydrogen) atoms. The maximum Gasteiger partial charge on any atom is 0.244 e. The lowest BCUT2D eigenvalue weighted by Gasteiger charge is -2.32. The van der Waals surface area contributed by atoms with Gasteiger partial charge in [0.2, 0.25) is 11.8 Å². The normalized spacial score (nSPS) is 20.3. The van der Waals surface area contributed by atoms with Crippen LogP contribution in [-0.4, -0.2) is 42.4 Å². The first-order chi connectivity index (χ1) is 11.5. The summed E-state index contributed by atoms with van der Waals surface area (Å²) in [5.41, 5.74) is 1.85. The van der Waals surface area contributed by atoms with Crippen LogP contribution in [0, 0.1) is 5.92 Å². The maximum atomic E-state index is 12.5. The highest BCUT2D eigenvalue weighted by Gasteiger charge is 2.25. The summed E-state index contributed by atoms with van der Waals surface area (Å²) in [6.07, 6.45) is 3.76. The van der Waals surface area contributed by atoms with Crippen molar-refractivity contribution in [3.05, 3.63) is 24.3 Å². The molecule has 3 rings (SSSR count). The molecule has 1 aromatic rings. The molecule has 1 unspecified atom stereocenters. The van der Waals surface area contributed by atoms with Gasteiger partial charge in [-0.3, -0.25) is 9.59 Å². The molecule has 0 aromatic heterocycles. The van der Waals surface area contributed by atoms with E-state index in [4.69, 9.17) is 0 Å². The summed E-state index contributed by atoms with van der Waals surface area (Å²) < 4.78 is 0. The number of amides is 2. The number of hydrogen-bond donors (Lipinski definition) is 1. The van der Waals surface area contributed by atoms with Crippen molar-refractivity contribution < 1.29 is 9.59 Å². The van der Waals surface area contributed by atoms with E-state index in [0.29, 0.717) is 6.42 Å². The van der Waals surface area contributed by atoms with E-state index in [-0.39, 0.29) is 17.9 Å². The Morgan fingerprint density at radius 3 is 2.42 bits per heavy atom. The van der Waals surface area contributed by atoms with E-state index < -0.39 is 0 Å². The highest BCUT2D eigenvalue weighted by Crippen LogP contribution is 2.23. The molecule has 2 fully saturated rings. The Morgan fingerprint density at radius 2 is 1.83 bits per heavy atom. The molecule has 0 bridgehead atoms. The predicted octanol–water partition coefficient (Wildman–Crippen LogP) is 2.87. The number of likely N-dealkylation sites (tertiary alicyclic amines) is 1. The molecule has 1 atom stereocenters. The van der Waals surface area contributed by atoms with Gasteiger partial charge in [-0.15, -0.1) is 0 Å². The van der Waals surface area contributed by atoms with Crippen LogP contribution < -0.4 is 10.2 Å². The summed E-state index contributed by atoms with van der Waals surface area (Å²) in [7, 11) is 0. The van der Waals surface area contributed by atoms with Gasteiger partial charge in [0.15, 0.2) is 0 Å². The van der Waals surface area contributed by atoms with Crippen LogP contribution in [-0.2, 0) is 9.59 Å². The Bertz CT molecular complexity index is 591. The Kier molecular flexibility index (Phi) is 5.07. The number of benzene rings is 1. The van der Waals surface area contributed by atoms with E-state index in [1.165, 1.54) is 0 Å². The average Bonchev–Trinajstić information content (AvgIpc) is 3.01. The summed E-state index contributed by atoms with van der Waals surface area (Å²) in [4.78, 5) is 28.1. The van der Waals surface area contributed by atoms with Gasteiger partial charge >= 0.3 is 0 Å². The molecule has 0 spiro atoms. The SMILES string of the molecule is CC1CCN(C(=O)C(C)Nc2ccc(N3CCCC3=O)cc2)CC1. The Labute approximate surface area is 144 Å². The van der Waals surface area contributed by atoms with Crippen LogP contribution in [0.2, 0.25) is 0 Å². The van der Waals surface area contributed by atoms with Gasteiger partial charge in [0.1, 0.15) is 6.04 Å². The van der Waals surface area contributed by atoms with E-state index in [2.05, 4.69) is 12.2 Å². The van der Waals surface area contributed by atoms with Gasteiger partial charge in [0.05, 0.1) is 0 Å². The average molecular weight is 329 g/mol. The van der Waals surface area contributed by atoms with Crippen molar-refractivity contribution in [3.8, 4) is 0 Å². The first-order valence-corrected chi connectivity index (χ1v) is 9.00. The van der Waals surface area contributed by atoms with Crippen molar-refractivity contribution in [3.63, 3.8) is 0 Å². The van der Waals surface area contributed by atoms with Crippen molar-refractivity contribution >= 4 is 23.2 Å². The number of nitrogens with one attached hydrogen (secondary N) is 1. The third-order valence-electron chi connectivity index (χ3n) is 5.10. The van der Waals surface area contributed by atoms with E-state index in [1.807, 2.05) is 41.0 Å². The van der Waals surface area contributed by atoms with Gasteiger partial charge in [-0.05, 0) is 56.4 Å². The molecule has 2 amide bonds. The molecule has 1 aromatic carbocycles. The monoisotopic (exact) mass is 329 g/mol. The molecule has 0 saturated carbocycles. The molecule has 130 valence electrons. The van der Waals surface area contributed by atoms with Crippen LogP contribution in [0.25, 0.3) is 0 Å². The van der Waals surface area contributed by atoms with E-state index >= 15 is 0 Å². The molecular formula is C19H27N3O2. The fourth-order valence-corrected chi connectivity index (χ4v) is 3.47. The van der Waals surface area contributed by atoms with Gasteiger partial charge in [-0.25, -0.2) is 0 Å². The van der Waals surface area contributed by atoms with Crippen LogP contribution in [0.1, 0.15) is 39.5 Å². The highest BCUT2D eigenvalue weighted by molar-refractivity contribution is 5.95. The number of rotatable bonds is 4. The lowest BCUT2D eigenvalue weighted by molar-refractivity contribution is -0.133. The molecule has 0 radical (unpaired) electrons. The van der Waals surface area contributed by atoms with Crippen molar-refractivity contribution in [2.45, 2.75) is 45.6 Å². The molecule has 5 heteroatoms. The molecular weight excluding hydrogens is 302 g/mol. The first kappa shape index (κ1) is 16.8. The van der Waals surface area contributed by atoms with Crippen LogP contribution in [0.15, 0.2) is 24.3 Å². The number of anilines is 2. The number of carbonyl (C=O) groups is 2. The zero-order valence-electron chi connectivity index (χ0n) is 14.6. The summed E-state index contributed by atoms with van der Waals surface area (Å²) in [6, 6.07) is 7.56. The second kappa shape index (κ2) is 7.24. The Balaban J connectivity index is 1.57. The number of piperidine rings is 1. The minimum atomic E-state index is -0.238. The first-order valence-electron chi connectivity index (χ1n) is 9.00. The quantitative estimate of drug-likeness (QED) is 0.924. The minimum Gasteiger partial charge on any atom is -0.374 e. The summed E-state index contributed by atoms with van der Waals surface area (Å²) >= 11 is 0. The highest BCUT2D eigenvalue weighted by atomic mass is 16.2. The van der Waals surface area contributed by atoms with E-state index in [9.17, 15) is 9.59 Å². The standard InChI is InChI=1S/C19H27N3O2/c1-14-9-12-21(13-10-14)19(24)15(2)20-16-5-7-17(8-6-16)22-11-3-4-18(22)23/h5-8,14-15,20H,3-4,9-13H2,1-2H3. The van der Waals surface area contributed by atoms with E-state index in [1.54, 1.807) is 0 Å². The third-order valence-corrected chi connectivity index (χ3v) is 5.10. The topological polar surface area (TPSA) is 52.7 Å². The molecule has 5 nitrogen and oxygen atoms in total. The third kappa shape index (κ3) is 3.71. The van der Waals surface area contributed by atoms with Crippen LogP contribution >= 0.6 is 0 Å². The van der Waals surface area contributed by atoms with E-state index in [0.717, 1.165) is 56.2 Å². The Morgan fingerprint density at radius 1 is 1.17 bits per heavy atom. The molecule has 0 aliphatic carbocycles. The van der Waals surface area contributed by atoms with Crippen LogP contribution in [0.3, 0.4) is 0 Å².